The van der Waals surface area contributed by atoms with Gasteiger partial charge in [0.1, 0.15) is 0 Å². The molecule has 8 heteroatoms. The lowest BCUT2D eigenvalue weighted by molar-refractivity contribution is -0.863. The minimum Gasteiger partial charge on any atom is -0.378 e. The predicted molar refractivity (Wildman–Crippen MR) is 97.2 cm³/mol. The first-order valence-electron chi connectivity index (χ1n) is 8.33. The molecule has 1 aliphatic rings. The highest BCUT2D eigenvalue weighted by molar-refractivity contribution is 6.35. The monoisotopic (exact) mass is 388 g/mol. The zero-order valence-electron chi connectivity index (χ0n) is 14.3. The third-order valence-corrected chi connectivity index (χ3v) is 4.60. The fourth-order valence-corrected chi connectivity index (χ4v) is 3.15. The molecule has 138 valence electrons. The number of hydrogen-bond acceptors (Lipinski definition) is 3. The highest BCUT2D eigenvalue weighted by Gasteiger charge is 2.21. The van der Waals surface area contributed by atoms with Crippen LogP contribution in [-0.4, -0.2) is 69.7 Å². The van der Waals surface area contributed by atoms with Crippen LogP contribution in [0, 0.1) is 0 Å². The maximum absolute atomic E-state index is 12.1. The number of ether oxygens (including phenoxy) is 1. The molecule has 1 fully saturated rings. The molecule has 1 heterocycles. The largest absolute Gasteiger partial charge is 0.378 e. The molecular formula is C17H24Cl2N3O3+. The highest BCUT2D eigenvalue weighted by Crippen LogP contribution is 2.20. The minimum absolute atomic E-state index is 0.0570. The first-order valence-corrected chi connectivity index (χ1v) is 9.08. The smallest absolute Gasteiger partial charge is 0.277 e. The van der Waals surface area contributed by atoms with Crippen LogP contribution in [0.15, 0.2) is 18.2 Å². The van der Waals surface area contributed by atoms with Crippen LogP contribution in [0.2, 0.25) is 10.0 Å². The summed E-state index contributed by atoms with van der Waals surface area (Å²) in [5.41, 5.74) is 0.939. The molecule has 25 heavy (non-hydrogen) atoms. The molecular weight excluding hydrogens is 365 g/mol. The van der Waals surface area contributed by atoms with Crippen molar-refractivity contribution in [3.05, 3.63) is 33.8 Å². The lowest BCUT2D eigenvalue weighted by Crippen LogP contribution is -3.11. The molecule has 2 rings (SSSR count). The summed E-state index contributed by atoms with van der Waals surface area (Å²) in [4.78, 5) is 26.8. The van der Waals surface area contributed by atoms with Crippen LogP contribution in [-0.2, 0) is 20.7 Å². The zero-order valence-corrected chi connectivity index (χ0v) is 15.8. The maximum Gasteiger partial charge on any atom is 0.277 e. The van der Waals surface area contributed by atoms with E-state index in [9.17, 15) is 9.59 Å². The van der Waals surface area contributed by atoms with Crippen LogP contribution in [0.25, 0.3) is 0 Å². The second-order valence-corrected chi connectivity index (χ2v) is 6.98. The summed E-state index contributed by atoms with van der Waals surface area (Å²) < 4.78 is 5.23. The normalized spacial score (nSPS) is 15.7. The molecule has 1 aromatic rings. The number of halogens is 2. The standard InChI is InChI=1S/C17H23Cl2N3O3/c1-21(12-17(24)22-6-8-25-9-7-22)11-16(23)20-5-4-13-2-3-14(18)10-15(13)19/h2-3,10H,4-9,11-12H2,1H3,(H,20,23)/p+1. The van der Waals surface area contributed by atoms with Crippen molar-refractivity contribution in [3.8, 4) is 0 Å². The molecule has 1 aliphatic heterocycles. The number of carbonyl (C=O) groups excluding carboxylic acids is 2. The van der Waals surface area contributed by atoms with Crippen LogP contribution >= 0.6 is 23.2 Å². The number of amides is 2. The van der Waals surface area contributed by atoms with Gasteiger partial charge in [0.05, 0.1) is 20.3 Å². The molecule has 0 aliphatic carbocycles. The topological polar surface area (TPSA) is 63.1 Å². The van der Waals surface area contributed by atoms with E-state index >= 15 is 0 Å². The summed E-state index contributed by atoms with van der Waals surface area (Å²) in [6, 6.07) is 5.32. The predicted octanol–water partition coefficient (Wildman–Crippen LogP) is 0.0256. The van der Waals surface area contributed by atoms with E-state index in [0.717, 1.165) is 10.5 Å². The Labute approximate surface area is 158 Å². The van der Waals surface area contributed by atoms with Crippen LogP contribution < -0.4 is 10.2 Å². The summed E-state index contributed by atoms with van der Waals surface area (Å²) in [7, 11) is 1.84. The second kappa shape index (κ2) is 9.97. The molecule has 0 aromatic heterocycles. The van der Waals surface area contributed by atoms with E-state index in [1.54, 1.807) is 17.0 Å². The number of rotatable bonds is 7. The molecule has 0 radical (unpaired) electrons. The molecule has 0 spiro atoms. The van der Waals surface area contributed by atoms with Gasteiger partial charge in [-0.1, -0.05) is 29.3 Å². The van der Waals surface area contributed by atoms with E-state index in [4.69, 9.17) is 27.9 Å². The average Bonchev–Trinajstić information content (AvgIpc) is 2.57. The van der Waals surface area contributed by atoms with Crippen molar-refractivity contribution in [1.82, 2.24) is 10.2 Å². The number of quaternary nitrogens is 1. The van der Waals surface area contributed by atoms with E-state index < -0.39 is 0 Å². The van der Waals surface area contributed by atoms with Gasteiger partial charge in [-0.15, -0.1) is 0 Å². The van der Waals surface area contributed by atoms with E-state index in [0.29, 0.717) is 55.9 Å². The number of morpholine rings is 1. The van der Waals surface area contributed by atoms with Crippen molar-refractivity contribution in [1.29, 1.82) is 0 Å². The van der Waals surface area contributed by atoms with Gasteiger partial charge in [0.2, 0.25) is 0 Å². The zero-order chi connectivity index (χ0) is 18.2. The SMILES string of the molecule is C[NH+](CC(=O)NCCc1ccc(Cl)cc1Cl)CC(=O)N1CCOCC1. The Morgan fingerprint density at radius 3 is 2.64 bits per heavy atom. The Kier molecular flexibility index (Phi) is 7.96. The number of carbonyl (C=O) groups is 2. The summed E-state index contributed by atoms with van der Waals surface area (Å²) in [5, 5.41) is 4.05. The number of hydrogen-bond donors (Lipinski definition) is 2. The Morgan fingerprint density at radius 2 is 1.96 bits per heavy atom. The fourth-order valence-electron chi connectivity index (χ4n) is 2.64. The van der Waals surface area contributed by atoms with Gasteiger partial charge < -0.3 is 19.9 Å². The lowest BCUT2D eigenvalue weighted by atomic mass is 10.1. The van der Waals surface area contributed by atoms with E-state index in [1.807, 2.05) is 13.1 Å². The molecule has 1 saturated heterocycles. The first kappa shape index (κ1) is 20.0. The van der Waals surface area contributed by atoms with Crippen molar-refractivity contribution in [2.75, 3.05) is 53.0 Å². The van der Waals surface area contributed by atoms with E-state index in [2.05, 4.69) is 5.32 Å². The molecule has 0 bridgehead atoms. The average molecular weight is 389 g/mol. The third kappa shape index (κ3) is 6.82. The van der Waals surface area contributed by atoms with Gasteiger partial charge in [-0.05, 0) is 24.1 Å². The third-order valence-electron chi connectivity index (χ3n) is 4.01. The van der Waals surface area contributed by atoms with Crippen LogP contribution in [0.5, 0.6) is 0 Å². The van der Waals surface area contributed by atoms with E-state index in [-0.39, 0.29) is 18.4 Å². The van der Waals surface area contributed by atoms with Crippen molar-refractivity contribution < 1.29 is 19.2 Å². The quantitative estimate of drug-likeness (QED) is 0.692. The van der Waals surface area contributed by atoms with Gasteiger partial charge >= 0.3 is 0 Å². The van der Waals surface area contributed by atoms with E-state index in [1.165, 1.54) is 0 Å². The second-order valence-electron chi connectivity index (χ2n) is 6.14. The molecule has 2 amide bonds. The molecule has 6 nitrogen and oxygen atoms in total. The Hall–Kier alpha value is -1.34. The molecule has 1 atom stereocenters. The highest BCUT2D eigenvalue weighted by atomic mass is 35.5. The molecule has 2 N–H and O–H groups in total. The van der Waals surface area contributed by atoms with Crippen LogP contribution in [0.3, 0.4) is 0 Å². The van der Waals surface area contributed by atoms with Crippen LogP contribution in [0.4, 0.5) is 0 Å². The number of likely N-dealkylation sites (N-methyl/N-ethyl adjacent to an activating group) is 1. The van der Waals surface area contributed by atoms with Gasteiger partial charge in [-0.3, -0.25) is 9.59 Å². The number of benzene rings is 1. The summed E-state index contributed by atoms with van der Waals surface area (Å²) >= 11 is 12.0. The summed E-state index contributed by atoms with van der Waals surface area (Å²) in [5.74, 6) is -0.0288. The van der Waals surface area contributed by atoms with Crippen LogP contribution in [0.1, 0.15) is 5.56 Å². The Balaban J connectivity index is 1.67. The molecule has 0 saturated carbocycles. The van der Waals surface area contributed by atoms with Gasteiger partial charge in [0.15, 0.2) is 13.1 Å². The maximum atomic E-state index is 12.1. The van der Waals surface area contributed by atoms with Crippen molar-refractivity contribution >= 4 is 35.0 Å². The number of nitrogens with zero attached hydrogens (tertiary/aromatic N) is 1. The van der Waals surface area contributed by atoms with Crippen molar-refractivity contribution in [2.45, 2.75) is 6.42 Å². The summed E-state index contributed by atoms with van der Waals surface area (Å²) in [6.07, 6.45) is 0.632. The van der Waals surface area contributed by atoms with Gasteiger partial charge in [-0.25, -0.2) is 0 Å². The van der Waals surface area contributed by atoms with Crippen molar-refractivity contribution in [3.63, 3.8) is 0 Å². The minimum atomic E-state index is -0.0858. The van der Waals surface area contributed by atoms with Gasteiger partial charge in [0.25, 0.3) is 11.8 Å². The molecule has 1 aromatic carbocycles. The Morgan fingerprint density at radius 1 is 1.24 bits per heavy atom. The fraction of sp³-hybridized carbons (Fsp3) is 0.529. The first-order chi connectivity index (χ1) is 12.0. The van der Waals surface area contributed by atoms with Gasteiger partial charge in [-0.2, -0.15) is 0 Å². The Bertz CT molecular complexity index is 607. The van der Waals surface area contributed by atoms with Crippen molar-refractivity contribution in [2.24, 2.45) is 0 Å². The number of nitrogens with one attached hydrogen (secondary N) is 2. The summed E-state index contributed by atoms with van der Waals surface area (Å²) in [6.45, 7) is 3.46. The lowest BCUT2D eigenvalue weighted by Gasteiger charge is -2.27. The molecule has 1 unspecified atom stereocenters. The van der Waals surface area contributed by atoms with Gasteiger partial charge in [0, 0.05) is 29.7 Å².